The summed E-state index contributed by atoms with van der Waals surface area (Å²) in [5.41, 5.74) is 2.50. The number of para-hydroxylation sites is 1. The summed E-state index contributed by atoms with van der Waals surface area (Å²) >= 11 is 0. The quantitative estimate of drug-likeness (QED) is 0.570. The molecule has 2 saturated heterocycles. The molecule has 6 nitrogen and oxygen atoms in total. The average molecular weight is 423 g/mol. The van der Waals surface area contributed by atoms with Gasteiger partial charge in [0, 0.05) is 51.3 Å². The van der Waals surface area contributed by atoms with Crippen LogP contribution in [0.25, 0.3) is 0 Å². The molecule has 31 heavy (non-hydrogen) atoms. The minimum atomic E-state index is 0.272. The van der Waals surface area contributed by atoms with Crippen LogP contribution in [-0.2, 0) is 11.3 Å². The van der Waals surface area contributed by atoms with Crippen LogP contribution in [0.3, 0.4) is 0 Å². The molecule has 166 valence electrons. The van der Waals surface area contributed by atoms with Crippen molar-refractivity contribution in [3.8, 4) is 5.75 Å². The molecule has 2 aromatic carbocycles. The van der Waals surface area contributed by atoms with E-state index < -0.39 is 0 Å². The number of hydrogen-bond donors (Lipinski definition) is 1. The minimum Gasteiger partial charge on any atom is -0.490 e. The van der Waals surface area contributed by atoms with Crippen molar-refractivity contribution in [2.75, 3.05) is 50.8 Å². The van der Waals surface area contributed by atoms with E-state index in [-0.39, 0.29) is 6.10 Å². The van der Waals surface area contributed by atoms with Crippen LogP contribution in [-0.4, -0.2) is 62.9 Å². The molecular weight excluding hydrogens is 388 g/mol. The molecule has 2 heterocycles. The molecule has 0 spiro atoms. The van der Waals surface area contributed by atoms with Crippen molar-refractivity contribution in [1.82, 2.24) is 10.2 Å². The van der Waals surface area contributed by atoms with Gasteiger partial charge in [0.1, 0.15) is 11.9 Å². The molecule has 0 radical (unpaired) electrons. The van der Waals surface area contributed by atoms with Crippen LogP contribution in [0.5, 0.6) is 5.75 Å². The zero-order chi connectivity index (χ0) is 21.3. The van der Waals surface area contributed by atoms with Gasteiger partial charge in [-0.25, -0.2) is 4.99 Å². The van der Waals surface area contributed by atoms with Crippen molar-refractivity contribution in [1.29, 1.82) is 0 Å². The van der Waals surface area contributed by atoms with E-state index >= 15 is 0 Å². The molecule has 1 N–H and O–H groups in total. The standard InChI is InChI=1S/C25H34N4O2/c1-2-26-25(29-14-12-24(13-15-29)31-23-6-4-3-5-7-23)27-20-21-8-10-22(11-9-21)28-16-18-30-19-17-28/h3-11,24H,2,12-20H2,1H3,(H,26,27). The Hall–Kier alpha value is -2.73. The van der Waals surface area contributed by atoms with Crippen LogP contribution in [0.15, 0.2) is 59.6 Å². The zero-order valence-electron chi connectivity index (χ0n) is 18.5. The Morgan fingerprint density at radius 1 is 1.00 bits per heavy atom. The van der Waals surface area contributed by atoms with Crippen molar-refractivity contribution >= 4 is 11.6 Å². The minimum absolute atomic E-state index is 0.272. The largest absolute Gasteiger partial charge is 0.490 e. The molecule has 6 heteroatoms. The number of piperidine rings is 1. The SMILES string of the molecule is CCNC(=NCc1ccc(N2CCOCC2)cc1)N1CCC(Oc2ccccc2)CC1. The van der Waals surface area contributed by atoms with E-state index in [9.17, 15) is 0 Å². The summed E-state index contributed by atoms with van der Waals surface area (Å²) in [6.45, 7) is 9.15. The summed E-state index contributed by atoms with van der Waals surface area (Å²) < 4.78 is 11.6. The molecule has 0 bridgehead atoms. The Morgan fingerprint density at radius 2 is 1.71 bits per heavy atom. The summed E-state index contributed by atoms with van der Waals surface area (Å²) in [5, 5.41) is 3.46. The first-order chi connectivity index (χ1) is 15.3. The van der Waals surface area contributed by atoms with Gasteiger partial charge >= 0.3 is 0 Å². The summed E-state index contributed by atoms with van der Waals surface area (Å²) in [7, 11) is 0. The third-order valence-electron chi connectivity index (χ3n) is 5.85. The number of anilines is 1. The van der Waals surface area contributed by atoms with Gasteiger partial charge in [0.2, 0.25) is 0 Å². The highest BCUT2D eigenvalue weighted by Crippen LogP contribution is 2.20. The monoisotopic (exact) mass is 422 g/mol. The lowest BCUT2D eigenvalue weighted by molar-refractivity contribution is 0.122. The Labute approximate surface area is 185 Å². The topological polar surface area (TPSA) is 49.3 Å². The van der Waals surface area contributed by atoms with Gasteiger partial charge in [0.15, 0.2) is 5.96 Å². The summed E-state index contributed by atoms with van der Waals surface area (Å²) in [5.74, 6) is 1.96. The smallest absolute Gasteiger partial charge is 0.194 e. The number of ether oxygens (including phenoxy) is 2. The molecule has 2 aromatic rings. The van der Waals surface area contributed by atoms with Gasteiger partial charge in [0.25, 0.3) is 0 Å². The first-order valence-corrected chi connectivity index (χ1v) is 11.5. The Kier molecular flexibility index (Phi) is 7.66. The molecule has 0 saturated carbocycles. The second-order valence-electron chi connectivity index (χ2n) is 8.05. The number of nitrogens with zero attached hydrogens (tertiary/aromatic N) is 3. The molecule has 0 atom stereocenters. The highest BCUT2D eigenvalue weighted by Gasteiger charge is 2.22. The lowest BCUT2D eigenvalue weighted by atomic mass is 10.1. The highest BCUT2D eigenvalue weighted by molar-refractivity contribution is 5.80. The summed E-state index contributed by atoms with van der Waals surface area (Å²) in [6.07, 6.45) is 2.29. The first-order valence-electron chi connectivity index (χ1n) is 11.5. The maximum absolute atomic E-state index is 6.14. The predicted octanol–water partition coefficient (Wildman–Crippen LogP) is 3.53. The summed E-state index contributed by atoms with van der Waals surface area (Å²) in [4.78, 5) is 9.65. The second kappa shape index (κ2) is 11.0. The van der Waals surface area contributed by atoms with Gasteiger partial charge in [-0.05, 0) is 36.8 Å². The van der Waals surface area contributed by atoms with E-state index in [0.717, 1.165) is 70.5 Å². The van der Waals surface area contributed by atoms with Crippen molar-refractivity contribution in [3.63, 3.8) is 0 Å². The van der Waals surface area contributed by atoms with Crippen molar-refractivity contribution in [2.45, 2.75) is 32.4 Å². The van der Waals surface area contributed by atoms with Crippen molar-refractivity contribution < 1.29 is 9.47 Å². The molecule has 2 aliphatic heterocycles. The van der Waals surface area contributed by atoms with Gasteiger partial charge in [-0.3, -0.25) is 0 Å². The molecule has 0 amide bonds. The average Bonchev–Trinajstić information content (AvgIpc) is 2.84. The number of aliphatic imine (C=N–C) groups is 1. The lowest BCUT2D eigenvalue weighted by Gasteiger charge is -2.34. The molecular formula is C25H34N4O2. The van der Waals surface area contributed by atoms with E-state index in [1.165, 1.54) is 11.3 Å². The van der Waals surface area contributed by atoms with Crippen LogP contribution < -0.4 is 15.0 Å². The van der Waals surface area contributed by atoms with E-state index in [2.05, 4.69) is 46.3 Å². The fourth-order valence-corrected chi connectivity index (χ4v) is 4.10. The Bertz CT molecular complexity index is 811. The van der Waals surface area contributed by atoms with Gasteiger partial charge in [-0.1, -0.05) is 30.3 Å². The second-order valence-corrected chi connectivity index (χ2v) is 8.05. The van der Waals surface area contributed by atoms with Gasteiger partial charge < -0.3 is 24.6 Å². The Morgan fingerprint density at radius 3 is 2.39 bits per heavy atom. The number of rotatable bonds is 6. The molecule has 0 aliphatic carbocycles. The van der Waals surface area contributed by atoms with Crippen molar-refractivity contribution in [3.05, 3.63) is 60.2 Å². The van der Waals surface area contributed by atoms with Gasteiger partial charge in [-0.15, -0.1) is 0 Å². The first kappa shape index (κ1) is 21.5. The van der Waals surface area contributed by atoms with E-state index in [1.54, 1.807) is 0 Å². The summed E-state index contributed by atoms with van der Waals surface area (Å²) in [6, 6.07) is 18.9. The van der Waals surface area contributed by atoms with Crippen LogP contribution >= 0.6 is 0 Å². The normalized spacial score (nSPS) is 18.2. The maximum Gasteiger partial charge on any atom is 0.194 e. The fourth-order valence-electron chi connectivity index (χ4n) is 4.10. The number of hydrogen-bond acceptors (Lipinski definition) is 4. The van der Waals surface area contributed by atoms with E-state index in [4.69, 9.17) is 14.5 Å². The number of guanidine groups is 1. The van der Waals surface area contributed by atoms with Crippen LogP contribution in [0.4, 0.5) is 5.69 Å². The molecule has 0 unspecified atom stereocenters. The zero-order valence-corrected chi connectivity index (χ0v) is 18.5. The maximum atomic E-state index is 6.14. The third-order valence-corrected chi connectivity index (χ3v) is 5.85. The predicted molar refractivity (Wildman–Crippen MR) is 126 cm³/mol. The fraction of sp³-hybridized carbons (Fsp3) is 0.480. The Balaban J connectivity index is 1.31. The highest BCUT2D eigenvalue weighted by atomic mass is 16.5. The number of benzene rings is 2. The molecule has 2 aliphatic rings. The lowest BCUT2D eigenvalue weighted by Crippen LogP contribution is -2.47. The third kappa shape index (κ3) is 6.14. The van der Waals surface area contributed by atoms with Crippen molar-refractivity contribution in [2.24, 2.45) is 4.99 Å². The van der Waals surface area contributed by atoms with Crippen LogP contribution in [0.1, 0.15) is 25.3 Å². The number of nitrogens with one attached hydrogen (secondary N) is 1. The molecule has 0 aromatic heterocycles. The van der Waals surface area contributed by atoms with E-state index in [1.807, 2.05) is 30.3 Å². The number of likely N-dealkylation sites (tertiary alicyclic amines) is 1. The van der Waals surface area contributed by atoms with Crippen LogP contribution in [0, 0.1) is 0 Å². The van der Waals surface area contributed by atoms with E-state index in [0.29, 0.717) is 6.54 Å². The van der Waals surface area contributed by atoms with Gasteiger partial charge in [-0.2, -0.15) is 0 Å². The molecule has 2 fully saturated rings. The number of morpholine rings is 1. The van der Waals surface area contributed by atoms with Gasteiger partial charge in [0.05, 0.1) is 19.8 Å². The van der Waals surface area contributed by atoms with Crippen LogP contribution in [0.2, 0.25) is 0 Å². The molecule has 4 rings (SSSR count).